The molecule has 0 bridgehead atoms. The summed E-state index contributed by atoms with van der Waals surface area (Å²) in [5, 5.41) is 6.41. The number of carbonyl (C=O) groups is 1. The maximum absolute atomic E-state index is 13.0. The Morgan fingerprint density at radius 1 is 1.03 bits per heavy atom. The lowest BCUT2D eigenvalue weighted by atomic mass is 9.91. The third-order valence-corrected chi connectivity index (χ3v) is 5.26. The molecule has 0 spiro atoms. The van der Waals surface area contributed by atoms with E-state index >= 15 is 0 Å². The van der Waals surface area contributed by atoms with Crippen molar-refractivity contribution < 1.29 is 18.0 Å². The number of nitrogens with one attached hydrogen (secondary N) is 2. The summed E-state index contributed by atoms with van der Waals surface area (Å²) in [6, 6.07) is 11.0. The molecule has 1 aliphatic rings. The largest absolute Gasteiger partial charge is 0.368 e. The van der Waals surface area contributed by atoms with Gasteiger partial charge in [0.25, 0.3) is 12.3 Å². The van der Waals surface area contributed by atoms with Crippen LogP contribution >= 0.6 is 0 Å². The summed E-state index contributed by atoms with van der Waals surface area (Å²) in [4.78, 5) is 16.2. The maximum atomic E-state index is 13.0. The monoisotopic (exact) mass is 402 g/mol. The number of rotatable bonds is 5. The number of benzene rings is 1. The second-order valence-corrected chi connectivity index (χ2v) is 7.28. The smallest absolute Gasteiger partial charge is 0.281 e. The van der Waals surface area contributed by atoms with Crippen LogP contribution in [0.15, 0.2) is 48.7 Å². The van der Waals surface area contributed by atoms with Gasteiger partial charge in [-0.1, -0.05) is 6.07 Å². The highest BCUT2D eigenvalue weighted by Crippen LogP contribution is 2.25. The first-order valence-corrected chi connectivity index (χ1v) is 9.59. The molecule has 5 nitrogen and oxygen atoms in total. The average molecular weight is 402 g/mol. The Bertz CT molecular complexity index is 995. The number of carbonyl (C=O) groups excluding carboxylic acids is 1. The molecule has 1 aliphatic carbocycles. The molecule has 2 N–H and O–H groups in total. The van der Waals surface area contributed by atoms with E-state index in [9.17, 15) is 18.0 Å². The standard InChI is InChI=1S/C21H21F3N4O/c22-14-6-4-13(5-7-14)21(29)26-16-10-8-15(9-11-16)25-18-2-1-3-19-27-17(20(23)24)12-28(18)19/h1-7,12,15-16,20,25H,8-11H2,(H,26,29)/t15-,16+. The molecule has 8 heteroatoms. The van der Waals surface area contributed by atoms with Crippen molar-refractivity contribution >= 4 is 17.4 Å². The van der Waals surface area contributed by atoms with E-state index in [1.54, 1.807) is 16.5 Å². The molecule has 1 fully saturated rings. The van der Waals surface area contributed by atoms with E-state index in [1.165, 1.54) is 30.5 Å². The number of nitrogens with zero attached hydrogens (tertiary/aromatic N) is 2. The summed E-state index contributed by atoms with van der Waals surface area (Å²) in [6.07, 6.45) is 2.02. The fourth-order valence-corrected chi connectivity index (χ4v) is 3.71. The molecule has 1 saturated carbocycles. The molecule has 4 rings (SSSR count). The zero-order chi connectivity index (χ0) is 20.4. The molecular formula is C21H21F3N4O. The summed E-state index contributed by atoms with van der Waals surface area (Å²) in [5.41, 5.74) is 0.672. The third kappa shape index (κ3) is 4.36. The van der Waals surface area contributed by atoms with Crippen molar-refractivity contribution in [1.29, 1.82) is 0 Å². The number of hydrogen-bond acceptors (Lipinski definition) is 3. The van der Waals surface area contributed by atoms with Crippen LogP contribution in [0.25, 0.3) is 5.65 Å². The fraction of sp³-hybridized carbons (Fsp3) is 0.333. The van der Waals surface area contributed by atoms with Crippen molar-refractivity contribution in [2.75, 3.05) is 5.32 Å². The molecule has 3 aromatic rings. The lowest BCUT2D eigenvalue weighted by molar-refractivity contribution is 0.0926. The Balaban J connectivity index is 1.35. The number of aromatic nitrogens is 2. The van der Waals surface area contributed by atoms with Gasteiger partial charge in [0.2, 0.25) is 0 Å². The van der Waals surface area contributed by atoms with Crippen molar-refractivity contribution in [3.63, 3.8) is 0 Å². The highest BCUT2D eigenvalue weighted by Gasteiger charge is 2.23. The molecule has 2 heterocycles. The van der Waals surface area contributed by atoms with Crippen LogP contribution in [0.3, 0.4) is 0 Å². The Kier molecular flexibility index (Phi) is 5.42. The van der Waals surface area contributed by atoms with Crippen molar-refractivity contribution in [1.82, 2.24) is 14.7 Å². The number of imidazole rings is 1. The SMILES string of the molecule is O=C(N[C@H]1CC[C@@H](Nc2cccc3nc(C(F)F)cn23)CC1)c1ccc(F)cc1. The zero-order valence-electron chi connectivity index (χ0n) is 15.6. The van der Waals surface area contributed by atoms with E-state index in [0.29, 0.717) is 11.2 Å². The first kappa shape index (κ1) is 19.3. The molecule has 1 aromatic carbocycles. The van der Waals surface area contributed by atoms with Crippen LogP contribution in [0.5, 0.6) is 0 Å². The summed E-state index contributed by atoms with van der Waals surface area (Å²) in [6.45, 7) is 0. The molecule has 0 unspecified atom stereocenters. The number of halogens is 3. The summed E-state index contributed by atoms with van der Waals surface area (Å²) in [5.74, 6) is 0.145. The molecule has 152 valence electrons. The average Bonchev–Trinajstić information content (AvgIpc) is 3.16. The first-order valence-electron chi connectivity index (χ1n) is 9.59. The van der Waals surface area contributed by atoms with Crippen molar-refractivity contribution in [3.05, 3.63) is 65.7 Å². The van der Waals surface area contributed by atoms with Crippen LogP contribution in [0, 0.1) is 5.82 Å². The van der Waals surface area contributed by atoms with Crippen LogP contribution in [-0.4, -0.2) is 27.4 Å². The Morgan fingerprint density at radius 3 is 2.41 bits per heavy atom. The van der Waals surface area contributed by atoms with E-state index in [4.69, 9.17) is 0 Å². The van der Waals surface area contributed by atoms with E-state index in [1.807, 2.05) is 6.07 Å². The normalized spacial score (nSPS) is 19.4. The molecule has 0 radical (unpaired) electrons. The topological polar surface area (TPSA) is 58.4 Å². The number of pyridine rings is 1. The van der Waals surface area contributed by atoms with Gasteiger partial charge >= 0.3 is 0 Å². The molecule has 0 saturated heterocycles. The van der Waals surface area contributed by atoms with Crippen LogP contribution < -0.4 is 10.6 Å². The minimum Gasteiger partial charge on any atom is -0.368 e. The number of fused-ring (bicyclic) bond motifs is 1. The van der Waals surface area contributed by atoms with Gasteiger partial charge in [-0.3, -0.25) is 9.20 Å². The third-order valence-electron chi connectivity index (χ3n) is 5.26. The van der Waals surface area contributed by atoms with Crippen molar-refractivity contribution in [3.8, 4) is 0 Å². The van der Waals surface area contributed by atoms with E-state index < -0.39 is 6.43 Å². The second kappa shape index (κ2) is 8.14. The minimum absolute atomic E-state index is 0.0556. The minimum atomic E-state index is -2.61. The van der Waals surface area contributed by atoms with Crippen molar-refractivity contribution in [2.45, 2.75) is 44.2 Å². The quantitative estimate of drug-likeness (QED) is 0.658. The van der Waals surface area contributed by atoms with Gasteiger partial charge in [0.15, 0.2) is 0 Å². The summed E-state index contributed by atoms with van der Waals surface area (Å²) in [7, 11) is 0. The highest BCUT2D eigenvalue weighted by molar-refractivity contribution is 5.94. The van der Waals surface area contributed by atoms with Crippen LogP contribution in [0.1, 0.15) is 48.2 Å². The predicted molar refractivity (Wildman–Crippen MR) is 104 cm³/mol. The van der Waals surface area contributed by atoms with Gasteiger partial charge in [0, 0.05) is 23.8 Å². The first-order chi connectivity index (χ1) is 14.0. The number of hydrogen-bond donors (Lipinski definition) is 2. The zero-order valence-corrected chi connectivity index (χ0v) is 15.6. The molecule has 2 aromatic heterocycles. The fourth-order valence-electron chi connectivity index (χ4n) is 3.71. The molecule has 29 heavy (non-hydrogen) atoms. The van der Waals surface area contributed by atoms with Crippen LogP contribution in [0.4, 0.5) is 19.0 Å². The Labute approximate surface area is 165 Å². The molecular weight excluding hydrogens is 381 g/mol. The van der Waals surface area contributed by atoms with E-state index in [0.717, 1.165) is 31.5 Å². The van der Waals surface area contributed by atoms with Gasteiger partial charge < -0.3 is 10.6 Å². The second-order valence-electron chi connectivity index (χ2n) is 7.28. The van der Waals surface area contributed by atoms with Crippen molar-refractivity contribution in [2.24, 2.45) is 0 Å². The van der Waals surface area contributed by atoms with Gasteiger partial charge in [-0.25, -0.2) is 18.2 Å². The lowest BCUT2D eigenvalue weighted by Gasteiger charge is -2.30. The maximum Gasteiger partial charge on any atom is 0.281 e. The predicted octanol–water partition coefficient (Wildman–Crippen LogP) is 4.56. The van der Waals surface area contributed by atoms with Gasteiger partial charge in [0.1, 0.15) is 23.0 Å². The van der Waals surface area contributed by atoms with Gasteiger partial charge in [-0.15, -0.1) is 0 Å². The number of alkyl halides is 2. The van der Waals surface area contributed by atoms with Gasteiger partial charge in [-0.05, 0) is 62.1 Å². The Morgan fingerprint density at radius 2 is 1.72 bits per heavy atom. The Hall–Kier alpha value is -3.03. The van der Waals surface area contributed by atoms with Crippen LogP contribution in [-0.2, 0) is 0 Å². The highest BCUT2D eigenvalue weighted by atomic mass is 19.3. The van der Waals surface area contributed by atoms with Crippen LogP contribution in [0.2, 0.25) is 0 Å². The molecule has 0 atom stereocenters. The number of amides is 1. The summed E-state index contributed by atoms with van der Waals surface area (Å²) >= 11 is 0. The van der Waals surface area contributed by atoms with Gasteiger partial charge in [-0.2, -0.15) is 0 Å². The summed E-state index contributed by atoms with van der Waals surface area (Å²) < 4.78 is 40.5. The number of anilines is 1. The molecule has 1 amide bonds. The lowest BCUT2D eigenvalue weighted by Crippen LogP contribution is -2.40. The van der Waals surface area contributed by atoms with Gasteiger partial charge in [0.05, 0.1) is 0 Å². The van der Waals surface area contributed by atoms with E-state index in [2.05, 4.69) is 15.6 Å². The van der Waals surface area contributed by atoms with E-state index in [-0.39, 0.29) is 29.5 Å². The molecule has 0 aliphatic heterocycles.